The molecule has 2 fully saturated rings. The van der Waals surface area contributed by atoms with Gasteiger partial charge in [0.05, 0.1) is 0 Å². The summed E-state index contributed by atoms with van der Waals surface area (Å²) in [6.07, 6.45) is 8.26. The van der Waals surface area contributed by atoms with E-state index in [4.69, 9.17) is 0 Å². The number of rotatable bonds is 5. The molecule has 0 atom stereocenters. The summed E-state index contributed by atoms with van der Waals surface area (Å²) in [4.78, 5) is 14.0. The summed E-state index contributed by atoms with van der Waals surface area (Å²) in [5.41, 5.74) is 0. The number of nitrogens with zero attached hydrogens (tertiary/aromatic N) is 1. The fourth-order valence-electron chi connectivity index (χ4n) is 2.81. The smallest absolute Gasteiger partial charge is 0.225 e. The first-order valence-electron chi connectivity index (χ1n) is 7.22. The second-order valence-corrected chi connectivity index (χ2v) is 5.68. The molecule has 2 saturated carbocycles. The minimum Gasteiger partial charge on any atom is -0.343 e. The van der Waals surface area contributed by atoms with Crippen molar-refractivity contribution in [3.05, 3.63) is 0 Å². The molecule has 0 saturated heterocycles. The Morgan fingerprint density at radius 2 is 1.82 bits per heavy atom. The zero-order chi connectivity index (χ0) is 12.3. The molecule has 98 valence electrons. The van der Waals surface area contributed by atoms with Crippen molar-refractivity contribution in [2.45, 2.75) is 64.0 Å². The highest BCUT2D eigenvalue weighted by Crippen LogP contribution is 2.33. The van der Waals surface area contributed by atoms with Gasteiger partial charge in [0.2, 0.25) is 5.91 Å². The first-order valence-corrected chi connectivity index (χ1v) is 7.22. The lowest BCUT2D eigenvalue weighted by atomic mass is 9.90. The highest BCUT2D eigenvalue weighted by molar-refractivity contribution is 5.81. The number of amides is 1. The van der Waals surface area contributed by atoms with Gasteiger partial charge >= 0.3 is 0 Å². The lowest BCUT2D eigenvalue weighted by Gasteiger charge is -2.35. The normalized spacial score (nSPS) is 29.1. The molecule has 2 aliphatic carbocycles. The van der Waals surface area contributed by atoms with Crippen LogP contribution in [0.1, 0.15) is 51.9 Å². The zero-order valence-corrected chi connectivity index (χ0v) is 11.2. The molecule has 2 rings (SSSR count). The van der Waals surface area contributed by atoms with Crippen molar-refractivity contribution < 1.29 is 4.79 Å². The summed E-state index contributed by atoms with van der Waals surface area (Å²) < 4.78 is 0. The van der Waals surface area contributed by atoms with Gasteiger partial charge in [0.1, 0.15) is 0 Å². The van der Waals surface area contributed by atoms with E-state index in [9.17, 15) is 4.79 Å². The van der Waals surface area contributed by atoms with E-state index < -0.39 is 0 Å². The van der Waals surface area contributed by atoms with E-state index in [1.807, 2.05) is 11.9 Å². The molecule has 3 heteroatoms. The van der Waals surface area contributed by atoms with E-state index in [1.165, 1.54) is 32.1 Å². The molecule has 0 unspecified atom stereocenters. The largest absolute Gasteiger partial charge is 0.343 e. The molecular weight excluding hydrogens is 212 g/mol. The SMILES string of the molecule is CCCNC1CCC(N(C)C(=O)C2CC2)CC1. The maximum atomic E-state index is 12.0. The van der Waals surface area contributed by atoms with Crippen LogP contribution < -0.4 is 5.32 Å². The van der Waals surface area contributed by atoms with Crippen molar-refractivity contribution in [1.29, 1.82) is 0 Å². The van der Waals surface area contributed by atoms with Crippen molar-refractivity contribution in [1.82, 2.24) is 10.2 Å². The van der Waals surface area contributed by atoms with Crippen LogP contribution in [0.5, 0.6) is 0 Å². The molecular formula is C14H26N2O. The van der Waals surface area contributed by atoms with Crippen LogP contribution in [0.25, 0.3) is 0 Å². The predicted molar refractivity (Wildman–Crippen MR) is 69.8 cm³/mol. The quantitative estimate of drug-likeness (QED) is 0.796. The van der Waals surface area contributed by atoms with Crippen LogP contribution in [0.4, 0.5) is 0 Å². The zero-order valence-electron chi connectivity index (χ0n) is 11.2. The Labute approximate surface area is 105 Å². The number of carbonyl (C=O) groups is 1. The van der Waals surface area contributed by atoms with Crippen molar-refractivity contribution in [2.75, 3.05) is 13.6 Å². The number of carbonyl (C=O) groups excluding carboxylic acids is 1. The molecule has 1 amide bonds. The Kier molecular flexibility index (Phi) is 4.43. The molecule has 0 aromatic heterocycles. The highest BCUT2D eigenvalue weighted by atomic mass is 16.2. The Balaban J connectivity index is 1.72. The molecule has 0 radical (unpaired) electrons. The average molecular weight is 238 g/mol. The third-order valence-electron chi connectivity index (χ3n) is 4.20. The average Bonchev–Trinajstić information content (AvgIpc) is 3.19. The molecule has 17 heavy (non-hydrogen) atoms. The predicted octanol–water partition coefficient (Wildman–Crippen LogP) is 2.17. The minimum absolute atomic E-state index is 0.371. The second-order valence-electron chi connectivity index (χ2n) is 5.68. The standard InChI is InChI=1S/C14H26N2O/c1-3-10-15-12-6-8-13(9-7-12)16(2)14(17)11-4-5-11/h11-13,15H,3-10H2,1-2H3. The molecule has 0 aromatic rings. The molecule has 2 aliphatic rings. The number of hydrogen-bond acceptors (Lipinski definition) is 2. The fraction of sp³-hybridized carbons (Fsp3) is 0.929. The molecule has 0 aliphatic heterocycles. The first-order chi connectivity index (χ1) is 8.22. The van der Waals surface area contributed by atoms with Crippen molar-refractivity contribution in [3.8, 4) is 0 Å². The van der Waals surface area contributed by atoms with Crippen LogP contribution in [0.3, 0.4) is 0 Å². The fourth-order valence-corrected chi connectivity index (χ4v) is 2.81. The monoisotopic (exact) mass is 238 g/mol. The van der Waals surface area contributed by atoms with Gasteiger partial charge in [-0.3, -0.25) is 4.79 Å². The topological polar surface area (TPSA) is 32.3 Å². The van der Waals surface area contributed by atoms with Gasteiger partial charge in [-0.05, 0) is 51.5 Å². The van der Waals surface area contributed by atoms with Gasteiger partial charge in [-0.25, -0.2) is 0 Å². The molecule has 1 N–H and O–H groups in total. The molecule has 0 spiro atoms. The second kappa shape index (κ2) is 5.85. The maximum Gasteiger partial charge on any atom is 0.225 e. The first kappa shape index (κ1) is 12.9. The summed E-state index contributed by atoms with van der Waals surface area (Å²) in [5.74, 6) is 0.769. The van der Waals surface area contributed by atoms with E-state index in [-0.39, 0.29) is 0 Å². The van der Waals surface area contributed by atoms with E-state index in [0.717, 1.165) is 19.4 Å². The van der Waals surface area contributed by atoms with Crippen molar-refractivity contribution in [3.63, 3.8) is 0 Å². The van der Waals surface area contributed by atoms with Gasteiger partial charge < -0.3 is 10.2 Å². The van der Waals surface area contributed by atoms with Crippen LogP contribution in [-0.2, 0) is 4.79 Å². The third kappa shape index (κ3) is 3.44. The summed E-state index contributed by atoms with van der Waals surface area (Å²) >= 11 is 0. The Morgan fingerprint density at radius 1 is 1.18 bits per heavy atom. The number of nitrogens with one attached hydrogen (secondary N) is 1. The van der Waals surface area contributed by atoms with E-state index in [1.54, 1.807) is 0 Å². The van der Waals surface area contributed by atoms with Crippen molar-refractivity contribution >= 4 is 5.91 Å². The summed E-state index contributed by atoms with van der Waals surface area (Å²) in [6, 6.07) is 1.19. The Bertz CT molecular complexity index is 255. The molecule has 0 heterocycles. The van der Waals surface area contributed by atoms with Crippen LogP contribution in [0, 0.1) is 5.92 Å². The number of hydrogen-bond donors (Lipinski definition) is 1. The highest BCUT2D eigenvalue weighted by Gasteiger charge is 2.35. The van der Waals surface area contributed by atoms with Crippen LogP contribution >= 0.6 is 0 Å². The Morgan fingerprint density at radius 3 is 2.35 bits per heavy atom. The van der Waals surface area contributed by atoms with Gasteiger partial charge in [-0.2, -0.15) is 0 Å². The Hall–Kier alpha value is -0.570. The minimum atomic E-state index is 0.371. The van der Waals surface area contributed by atoms with Gasteiger partial charge in [0.25, 0.3) is 0 Å². The van der Waals surface area contributed by atoms with E-state index >= 15 is 0 Å². The van der Waals surface area contributed by atoms with Gasteiger partial charge in [-0.15, -0.1) is 0 Å². The summed E-state index contributed by atoms with van der Waals surface area (Å²) in [7, 11) is 2.01. The van der Waals surface area contributed by atoms with E-state index in [2.05, 4.69) is 12.2 Å². The van der Waals surface area contributed by atoms with Gasteiger partial charge in [0, 0.05) is 25.0 Å². The lowest BCUT2D eigenvalue weighted by Crippen LogP contribution is -2.43. The molecule has 0 aromatic carbocycles. The third-order valence-corrected chi connectivity index (χ3v) is 4.20. The lowest BCUT2D eigenvalue weighted by molar-refractivity contribution is -0.134. The van der Waals surface area contributed by atoms with Crippen LogP contribution in [0.15, 0.2) is 0 Å². The maximum absolute atomic E-state index is 12.0. The molecule has 0 bridgehead atoms. The van der Waals surface area contributed by atoms with Crippen LogP contribution in [0.2, 0.25) is 0 Å². The van der Waals surface area contributed by atoms with E-state index in [0.29, 0.717) is 23.9 Å². The molecule has 3 nitrogen and oxygen atoms in total. The van der Waals surface area contributed by atoms with Gasteiger partial charge in [-0.1, -0.05) is 6.92 Å². The van der Waals surface area contributed by atoms with Gasteiger partial charge in [0.15, 0.2) is 0 Å². The summed E-state index contributed by atoms with van der Waals surface area (Å²) in [5, 5.41) is 3.59. The van der Waals surface area contributed by atoms with Crippen molar-refractivity contribution in [2.24, 2.45) is 5.92 Å². The van der Waals surface area contributed by atoms with Crippen LogP contribution in [-0.4, -0.2) is 36.5 Å². The summed E-state index contributed by atoms with van der Waals surface area (Å²) in [6.45, 7) is 3.34.